The van der Waals surface area contributed by atoms with Crippen molar-refractivity contribution in [2.45, 2.75) is 13.8 Å². The van der Waals surface area contributed by atoms with Crippen LogP contribution < -0.4 is 5.73 Å². The van der Waals surface area contributed by atoms with E-state index in [1.54, 1.807) is 0 Å². The van der Waals surface area contributed by atoms with E-state index in [0.717, 1.165) is 15.7 Å². The number of anilines is 1. The summed E-state index contributed by atoms with van der Waals surface area (Å²) in [4.78, 5) is 0. The van der Waals surface area contributed by atoms with Gasteiger partial charge in [-0.15, -0.1) is 0 Å². The number of aryl methyl sites for hydroxylation is 2. The fourth-order valence-corrected chi connectivity index (χ4v) is 2.06. The van der Waals surface area contributed by atoms with Crippen LogP contribution in [-0.2, 0) is 0 Å². The molecule has 0 saturated heterocycles. The molecule has 0 saturated carbocycles. The molecule has 3 N–H and O–H groups in total. The van der Waals surface area contributed by atoms with Gasteiger partial charge in [0.25, 0.3) is 0 Å². The van der Waals surface area contributed by atoms with Crippen molar-refractivity contribution in [3.8, 4) is 11.3 Å². The summed E-state index contributed by atoms with van der Waals surface area (Å²) in [5.74, 6) is 0.510. The van der Waals surface area contributed by atoms with E-state index in [1.165, 1.54) is 11.1 Å². The Balaban J connectivity index is 2.62. The van der Waals surface area contributed by atoms with E-state index >= 15 is 0 Å². The van der Waals surface area contributed by atoms with Gasteiger partial charge >= 0.3 is 0 Å². The Morgan fingerprint density at radius 1 is 1.27 bits per heavy atom. The van der Waals surface area contributed by atoms with Crippen molar-refractivity contribution in [2.24, 2.45) is 0 Å². The van der Waals surface area contributed by atoms with Gasteiger partial charge in [-0.05, 0) is 41.4 Å². The highest BCUT2D eigenvalue weighted by atomic mass is 79.9. The summed E-state index contributed by atoms with van der Waals surface area (Å²) in [6, 6.07) is 6.07. The van der Waals surface area contributed by atoms with E-state index < -0.39 is 0 Å². The number of hydrogen-bond donors (Lipinski definition) is 2. The molecule has 0 radical (unpaired) electrons. The lowest BCUT2D eigenvalue weighted by Gasteiger charge is -2.06. The molecule has 2 rings (SSSR count). The smallest absolute Gasteiger partial charge is 0.145 e. The van der Waals surface area contributed by atoms with Gasteiger partial charge in [-0.25, -0.2) is 0 Å². The molecule has 0 bridgehead atoms. The molecular weight excluding hydrogens is 254 g/mol. The van der Waals surface area contributed by atoms with E-state index in [4.69, 9.17) is 5.73 Å². The highest BCUT2D eigenvalue weighted by Gasteiger charge is 2.08. The molecule has 4 heteroatoms. The Morgan fingerprint density at radius 2 is 2.00 bits per heavy atom. The number of aromatic nitrogens is 2. The van der Waals surface area contributed by atoms with Gasteiger partial charge in [0.1, 0.15) is 5.82 Å². The normalized spacial score (nSPS) is 10.6. The number of nitrogens with one attached hydrogen (secondary N) is 1. The van der Waals surface area contributed by atoms with Crippen molar-refractivity contribution in [1.29, 1.82) is 0 Å². The van der Waals surface area contributed by atoms with Crippen molar-refractivity contribution in [2.75, 3.05) is 5.73 Å². The van der Waals surface area contributed by atoms with Gasteiger partial charge in [-0.1, -0.05) is 11.6 Å². The Bertz CT molecular complexity index is 503. The maximum atomic E-state index is 5.58. The topological polar surface area (TPSA) is 54.7 Å². The fraction of sp³-hybridized carbons (Fsp3) is 0.182. The average Bonchev–Trinajstić information content (AvgIpc) is 2.58. The third-order valence-corrected chi connectivity index (χ3v) is 3.34. The lowest BCUT2D eigenvalue weighted by atomic mass is 10.1. The van der Waals surface area contributed by atoms with Crippen LogP contribution in [0.2, 0.25) is 0 Å². The summed E-state index contributed by atoms with van der Waals surface area (Å²) in [6.07, 6.45) is 0. The van der Waals surface area contributed by atoms with Crippen LogP contribution >= 0.6 is 15.9 Å². The second-order valence-electron chi connectivity index (χ2n) is 3.65. The molecule has 15 heavy (non-hydrogen) atoms. The first-order valence-electron chi connectivity index (χ1n) is 4.66. The highest BCUT2D eigenvalue weighted by Crippen LogP contribution is 2.31. The second-order valence-corrected chi connectivity index (χ2v) is 4.44. The van der Waals surface area contributed by atoms with E-state index in [0.29, 0.717) is 5.82 Å². The molecule has 3 nitrogen and oxygen atoms in total. The third-order valence-electron chi connectivity index (χ3n) is 2.29. The lowest BCUT2D eigenvalue weighted by molar-refractivity contribution is 1.10. The quantitative estimate of drug-likeness (QED) is 0.833. The minimum Gasteiger partial charge on any atom is -0.382 e. The van der Waals surface area contributed by atoms with E-state index in [9.17, 15) is 0 Å². The van der Waals surface area contributed by atoms with Gasteiger partial charge in [-0.3, -0.25) is 5.10 Å². The van der Waals surface area contributed by atoms with Crippen LogP contribution in [0.5, 0.6) is 0 Å². The molecule has 1 heterocycles. The Morgan fingerprint density at radius 3 is 2.60 bits per heavy atom. The van der Waals surface area contributed by atoms with Crippen LogP contribution in [0.15, 0.2) is 22.7 Å². The van der Waals surface area contributed by atoms with Gasteiger partial charge in [0.15, 0.2) is 0 Å². The molecular formula is C11H12BrN3. The van der Waals surface area contributed by atoms with Gasteiger partial charge < -0.3 is 5.73 Å². The van der Waals surface area contributed by atoms with E-state index in [2.05, 4.69) is 52.1 Å². The average molecular weight is 266 g/mol. The van der Waals surface area contributed by atoms with E-state index in [-0.39, 0.29) is 0 Å². The fourth-order valence-electron chi connectivity index (χ4n) is 1.62. The van der Waals surface area contributed by atoms with Crippen molar-refractivity contribution >= 4 is 21.7 Å². The van der Waals surface area contributed by atoms with Crippen LogP contribution in [0.1, 0.15) is 11.1 Å². The number of nitrogen functional groups attached to an aromatic ring is 1. The first kappa shape index (κ1) is 10.2. The first-order valence-corrected chi connectivity index (χ1v) is 5.45. The molecule has 0 aliphatic rings. The molecule has 0 unspecified atom stereocenters. The summed E-state index contributed by atoms with van der Waals surface area (Å²) in [5, 5.41) is 6.84. The van der Waals surface area contributed by atoms with Crippen molar-refractivity contribution in [3.63, 3.8) is 0 Å². The van der Waals surface area contributed by atoms with Gasteiger partial charge in [0.05, 0.1) is 5.69 Å². The number of benzene rings is 1. The van der Waals surface area contributed by atoms with Crippen molar-refractivity contribution in [3.05, 3.63) is 33.8 Å². The molecule has 1 aromatic heterocycles. The number of H-pyrrole nitrogens is 1. The summed E-state index contributed by atoms with van der Waals surface area (Å²) in [5.41, 5.74) is 10.0. The summed E-state index contributed by atoms with van der Waals surface area (Å²) >= 11 is 3.57. The van der Waals surface area contributed by atoms with Crippen LogP contribution in [0.25, 0.3) is 11.3 Å². The summed E-state index contributed by atoms with van der Waals surface area (Å²) < 4.78 is 1.08. The molecule has 0 spiro atoms. The molecule has 0 aliphatic carbocycles. The molecule has 1 aromatic carbocycles. The zero-order chi connectivity index (χ0) is 11.0. The van der Waals surface area contributed by atoms with Crippen molar-refractivity contribution in [1.82, 2.24) is 10.2 Å². The van der Waals surface area contributed by atoms with E-state index in [1.807, 2.05) is 6.07 Å². The largest absolute Gasteiger partial charge is 0.382 e. The molecule has 0 amide bonds. The van der Waals surface area contributed by atoms with Crippen LogP contribution in [-0.4, -0.2) is 10.2 Å². The Hall–Kier alpha value is -1.29. The number of hydrogen-bond acceptors (Lipinski definition) is 2. The zero-order valence-electron chi connectivity index (χ0n) is 8.63. The van der Waals surface area contributed by atoms with Crippen molar-refractivity contribution < 1.29 is 0 Å². The van der Waals surface area contributed by atoms with Crippen LogP contribution in [0.3, 0.4) is 0 Å². The predicted octanol–water partition coefficient (Wildman–Crippen LogP) is 3.04. The Kier molecular flexibility index (Phi) is 2.52. The van der Waals surface area contributed by atoms with Gasteiger partial charge in [0.2, 0.25) is 0 Å². The van der Waals surface area contributed by atoms with Crippen LogP contribution in [0.4, 0.5) is 5.82 Å². The summed E-state index contributed by atoms with van der Waals surface area (Å²) in [6.45, 7) is 4.14. The predicted molar refractivity (Wildman–Crippen MR) is 65.6 cm³/mol. The maximum absolute atomic E-state index is 5.58. The standard InChI is InChI=1S/C11H12BrN3/c1-6-3-7(2)11(12)8(4-6)9-5-10(13)15-14-9/h3-5H,1-2H3,(H3,13,14,15). The minimum absolute atomic E-state index is 0.510. The minimum atomic E-state index is 0.510. The molecule has 2 aromatic rings. The number of nitrogens with two attached hydrogens (primary N) is 1. The molecule has 0 aliphatic heterocycles. The lowest BCUT2D eigenvalue weighted by Crippen LogP contribution is -1.86. The monoisotopic (exact) mass is 265 g/mol. The Labute approximate surface area is 96.8 Å². The second kappa shape index (κ2) is 3.70. The van der Waals surface area contributed by atoms with Gasteiger partial charge in [-0.2, -0.15) is 5.10 Å². The first-order chi connectivity index (χ1) is 7.08. The number of rotatable bonds is 1. The maximum Gasteiger partial charge on any atom is 0.145 e. The van der Waals surface area contributed by atoms with Gasteiger partial charge in [0, 0.05) is 16.1 Å². The number of halogens is 1. The molecule has 78 valence electrons. The SMILES string of the molecule is Cc1cc(C)c(Br)c(-c2cc(N)n[nH]2)c1. The highest BCUT2D eigenvalue weighted by molar-refractivity contribution is 9.10. The number of nitrogens with zero attached hydrogens (tertiary/aromatic N) is 1. The van der Waals surface area contributed by atoms with Crippen LogP contribution in [0, 0.1) is 13.8 Å². The zero-order valence-corrected chi connectivity index (χ0v) is 10.2. The molecule has 0 atom stereocenters. The molecule has 0 fully saturated rings. The third kappa shape index (κ3) is 1.90. The number of aromatic amines is 1. The summed E-state index contributed by atoms with van der Waals surface area (Å²) in [7, 11) is 0.